The maximum atomic E-state index is 11.0. The first kappa shape index (κ1) is 12.0. The van der Waals surface area contributed by atoms with Crippen LogP contribution in [0.3, 0.4) is 0 Å². The maximum absolute atomic E-state index is 11.0. The smallest absolute Gasteiger partial charge is 0.336 e. The van der Waals surface area contributed by atoms with E-state index in [1.807, 2.05) is 12.1 Å². The van der Waals surface area contributed by atoms with E-state index in [9.17, 15) is 4.79 Å². The Balaban J connectivity index is 0.00000112. The molecule has 0 bridgehead atoms. The van der Waals surface area contributed by atoms with Gasteiger partial charge in [0, 0.05) is 6.04 Å². The molecule has 3 nitrogen and oxygen atoms in total. The van der Waals surface area contributed by atoms with Crippen molar-refractivity contribution >= 4 is 18.4 Å². The topological polar surface area (TPSA) is 49.3 Å². The SMILES string of the molecule is Cl.O=C(O)c1ccccc1[C@H]1CCCN1. The molecule has 82 valence electrons. The van der Waals surface area contributed by atoms with Crippen LogP contribution in [-0.4, -0.2) is 17.6 Å². The molecule has 2 rings (SSSR count). The predicted molar refractivity (Wildman–Crippen MR) is 60.6 cm³/mol. The highest BCUT2D eigenvalue weighted by molar-refractivity contribution is 5.89. The van der Waals surface area contributed by atoms with Crippen molar-refractivity contribution in [2.75, 3.05) is 6.54 Å². The van der Waals surface area contributed by atoms with Crippen LogP contribution in [0.2, 0.25) is 0 Å². The van der Waals surface area contributed by atoms with Crippen molar-refractivity contribution in [2.45, 2.75) is 18.9 Å². The van der Waals surface area contributed by atoms with E-state index >= 15 is 0 Å². The minimum atomic E-state index is -0.839. The van der Waals surface area contributed by atoms with Gasteiger partial charge >= 0.3 is 5.97 Å². The summed E-state index contributed by atoms with van der Waals surface area (Å²) in [5, 5.41) is 12.3. The molecule has 15 heavy (non-hydrogen) atoms. The fourth-order valence-electron chi connectivity index (χ4n) is 1.95. The first-order valence-electron chi connectivity index (χ1n) is 4.84. The minimum Gasteiger partial charge on any atom is -0.478 e. The van der Waals surface area contributed by atoms with E-state index in [4.69, 9.17) is 5.11 Å². The second kappa shape index (κ2) is 5.14. The zero-order valence-electron chi connectivity index (χ0n) is 8.27. The van der Waals surface area contributed by atoms with Crippen molar-refractivity contribution in [3.63, 3.8) is 0 Å². The van der Waals surface area contributed by atoms with Crippen LogP contribution in [0.1, 0.15) is 34.8 Å². The van der Waals surface area contributed by atoms with Crippen LogP contribution < -0.4 is 5.32 Å². The monoisotopic (exact) mass is 227 g/mol. The quantitative estimate of drug-likeness (QED) is 0.815. The summed E-state index contributed by atoms with van der Waals surface area (Å²) in [5.74, 6) is -0.839. The molecular formula is C11H14ClNO2. The number of carboxylic acid groups (broad SMARTS) is 1. The Bertz CT molecular complexity index is 348. The lowest BCUT2D eigenvalue weighted by atomic mass is 9.99. The fourth-order valence-corrected chi connectivity index (χ4v) is 1.95. The highest BCUT2D eigenvalue weighted by atomic mass is 35.5. The molecule has 1 aliphatic rings. The predicted octanol–water partition coefficient (Wildman–Crippen LogP) is 2.23. The van der Waals surface area contributed by atoms with Gasteiger partial charge in [-0.05, 0) is 31.0 Å². The number of hydrogen-bond acceptors (Lipinski definition) is 2. The second-order valence-electron chi connectivity index (χ2n) is 3.54. The third-order valence-corrected chi connectivity index (χ3v) is 2.63. The molecule has 0 unspecified atom stereocenters. The van der Waals surface area contributed by atoms with E-state index < -0.39 is 5.97 Å². The van der Waals surface area contributed by atoms with Crippen LogP contribution in [0.5, 0.6) is 0 Å². The molecule has 1 aromatic rings. The summed E-state index contributed by atoms with van der Waals surface area (Å²) < 4.78 is 0. The first-order valence-corrected chi connectivity index (χ1v) is 4.84. The molecular weight excluding hydrogens is 214 g/mol. The molecule has 1 heterocycles. The largest absolute Gasteiger partial charge is 0.478 e. The van der Waals surface area contributed by atoms with Crippen molar-refractivity contribution in [3.8, 4) is 0 Å². The molecule has 1 atom stereocenters. The third kappa shape index (κ3) is 2.49. The van der Waals surface area contributed by atoms with Crippen molar-refractivity contribution < 1.29 is 9.90 Å². The lowest BCUT2D eigenvalue weighted by Crippen LogP contribution is -2.16. The molecule has 1 saturated heterocycles. The van der Waals surface area contributed by atoms with Crippen molar-refractivity contribution in [1.82, 2.24) is 5.32 Å². The molecule has 0 spiro atoms. The van der Waals surface area contributed by atoms with Crippen molar-refractivity contribution in [3.05, 3.63) is 35.4 Å². The van der Waals surface area contributed by atoms with Gasteiger partial charge in [0.25, 0.3) is 0 Å². The Hall–Kier alpha value is -1.06. The van der Waals surface area contributed by atoms with Gasteiger partial charge in [-0.2, -0.15) is 0 Å². The Morgan fingerprint density at radius 3 is 2.73 bits per heavy atom. The average Bonchev–Trinajstić information content (AvgIpc) is 2.70. The van der Waals surface area contributed by atoms with E-state index in [0.717, 1.165) is 24.9 Å². The van der Waals surface area contributed by atoms with Gasteiger partial charge in [0.1, 0.15) is 0 Å². The molecule has 2 N–H and O–H groups in total. The van der Waals surface area contributed by atoms with Gasteiger partial charge in [-0.1, -0.05) is 18.2 Å². The number of carboxylic acids is 1. The Kier molecular flexibility index (Phi) is 4.12. The number of hydrogen-bond donors (Lipinski definition) is 2. The minimum absolute atomic E-state index is 0. The molecule has 0 amide bonds. The van der Waals surface area contributed by atoms with Gasteiger partial charge in [-0.3, -0.25) is 0 Å². The Morgan fingerprint density at radius 1 is 1.40 bits per heavy atom. The lowest BCUT2D eigenvalue weighted by Gasteiger charge is -2.12. The number of rotatable bonds is 2. The van der Waals surface area contributed by atoms with Gasteiger partial charge in [-0.25, -0.2) is 4.79 Å². The maximum Gasteiger partial charge on any atom is 0.336 e. The Morgan fingerprint density at radius 2 is 2.13 bits per heavy atom. The summed E-state index contributed by atoms with van der Waals surface area (Å²) in [6.07, 6.45) is 2.16. The number of benzene rings is 1. The molecule has 4 heteroatoms. The van der Waals surface area contributed by atoms with Crippen LogP contribution in [0, 0.1) is 0 Å². The summed E-state index contributed by atoms with van der Waals surface area (Å²) in [6.45, 7) is 0.985. The molecule has 1 fully saturated rings. The molecule has 0 radical (unpaired) electrons. The highest BCUT2D eigenvalue weighted by Gasteiger charge is 2.20. The van der Waals surface area contributed by atoms with E-state index in [-0.39, 0.29) is 18.4 Å². The summed E-state index contributed by atoms with van der Waals surface area (Å²) in [7, 11) is 0. The molecule has 0 aromatic heterocycles. The third-order valence-electron chi connectivity index (χ3n) is 2.63. The number of nitrogens with one attached hydrogen (secondary N) is 1. The number of carbonyl (C=O) groups is 1. The zero-order valence-corrected chi connectivity index (χ0v) is 9.09. The van der Waals surface area contributed by atoms with Crippen LogP contribution in [0.25, 0.3) is 0 Å². The Labute approximate surface area is 94.9 Å². The fraction of sp³-hybridized carbons (Fsp3) is 0.364. The zero-order chi connectivity index (χ0) is 9.97. The van der Waals surface area contributed by atoms with Crippen molar-refractivity contribution in [1.29, 1.82) is 0 Å². The summed E-state index contributed by atoms with van der Waals surface area (Å²) in [4.78, 5) is 11.0. The molecule has 1 aliphatic heterocycles. The normalized spacial score (nSPS) is 19.6. The van der Waals surface area contributed by atoms with Gasteiger partial charge in [0.15, 0.2) is 0 Å². The number of halogens is 1. The van der Waals surface area contributed by atoms with Gasteiger partial charge in [-0.15, -0.1) is 12.4 Å². The van der Waals surface area contributed by atoms with Crippen LogP contribution in [0.15, 0.2) is 24.3 Å². The highest BCUT2D eigenvalue weighted by Crippen LogP contribution is 2.25. The molecule has 0 aliphatic carbocycles. The standard InChI is InChI=1S/C11H13NO2.ClH/c13-11(14)9-5-2-1-4-8(9)10-6-3-7-12-10;/h1-2,4-5,10,12H,3,6-7H2,(H,13,14);1H/t10-;/m1./s1. The van der Waals surface area contributed by atoms with E-state index in [1.165, 1.54) is 0 Å². The number of aromatic carboxylic acids is 1. The molecule has 0 saturated carbocycles. The van der Waals surface area contributed by atoms with E-state index in [2.05, 4.69) is 5.32 Å². The van der Waals surface area contributed by atoms with Crippen LogP contribution in [0.4, 0.5) is 0 Å². The van der Waals surface area contributed by atoms with E-state index in [0.29, 0.717) is 5.56 Å². The lowest BCUT2D eigenvalue weighted by molar-refractivity contribution is 0.0695. The summed E-state index contributed by atoms with van der Waals surface area (Å²) in [6, 6.07) is 7.44. The summed E-state index contributed by atoms with van der Waals surface area (Å²) >= 11 is 0. The van der Waals surface area contributed by atoms with Gasteiger partial charge in [0.05, 0.1) is 5.56 Å². The summed E-state index contributed by atoms with van der Waals surface area (Å²) in [5.41, 5.74) is 1.34. The van der Waals surface area contributed by atoms with Gasteiger partial charge < -0.3 is 10.4 Å². The van der Waals surface area contributed by atoms with E-state index in [1.54, 1.807) is 12.1 Å². The van der Waals surface area contributed by atoms with Crippen molar-refractivity contribution in [2.24, 2.45) is 0 Å². The van der Waals surface area contributed by atoms with Crippen LogP contribution >= 0.6 is 12.4 Å². The first-order chi connectivity index (χ1) is 6.79. The molecule has 1 aromatic carbocycles. The van der Waals surface area contributed by atoms with Crippen LogP contribution in [-0.2, 0) is 0 Å². The van der Waals surface area contributed by atoms with Gasteiger partial charge in [0.2, 0.25) is 0 Å². The second-order valence-corrected chi connectivity index (χ2v) is 3.54. The average molecular weight is 228 g/mol.